The number of hydrogen-bond acceptors (Lipinski definition) is 2. The van der Waals surface area contributed by atoms with Crippen molar-refractivity contribution in [1.82, 2.24) is 5.32 Å². The highest BCUT2D eigenvalue weighted by Crippen LogP contribution is 2.07. The zero-order valence-corrected chi connectivity index (χ0v) is 8.69. The average molecular weight is 173 g/mol. The number of nitrogens with one attached hydrogen (secondary N) is 1. The van der Waals surface area contributed by atoms with Crippen LogP contribution in [0.5, 0.6) is 0 Å². The van der Waals surface area contributed by atoms with Crippen LogP contribution in [0.1, 0.15) is 46.5 Å². The summed E-state index contributed by atoms with van der Waals surface area (Å²) in [4.78, 5) is 0. The molecule has 0 aliphatic heterocycles. The summed E-state index contributed by atoms with van der Waals surface area (Å²) < 4.78 is 0. The smallest absolute Gasteiger partial charge is 0.0610 e. The molecule has 0 saturated heterocycles. The first kappa shape index (κ1) is 11.9. The average Bonchev–Trinajstić information content (AvgIpc) is 2.12. The predicted molar refractivity (Wildman–Crippen MR) is 53.3 cm³/mol. The summed E-state index contributed by atoms with van der Waals surface area (Å²) in [6.45, 7) is 7.63. The molecular formula is C10H23NO. The lowest BCUT2D eigenvalue weighted by Gasteiger charge is -2.27. The largest absolute Gasteiger partial charge is 0.394 e. The SMILES string of the molecule is CCCCCNC(C)(CC)CO. The van der Waals surface area contributed by atoms with Gasteiger partial charge in [-0.1, -0.05) is 26.7 Å². The Morgan fingerprint density at radius 2 is 1.92 bits per heavy atom. The second-order valence-corrected chi connectivity index (χ2v) is 3.71. The molecule has 0 bridgehead atoms. The second-order valence-electron chi connectivity index (χ2n) is 3.71. The molecular weight excluding hydrogens is 150 g/mol. The van der Waals surface area contributed by atoms with Crippen LogP contribution in [0, 0.1) is 0 Å². The van der Waals surface area contributed by atoms with Crippen molar-refractivity contribution in [2.24, 2.45) is 0 Å². The van der Waals surface area contributed by atoms with Crippen molar-refractivity contribution < 1.29 is 5.11 Å². The maximum absolute atomic E-state index is 9.08. The van der Waals surface area contributed by atoms with Gasteiger partial charge in [-0.25, -0.2) is 0 Å². The minimum atomic E-state index is -0.0618. The van der Waals surface area contributed by atoms with Gasteiger partial charge in [0.2, 0.25) is 0 Å². The summed E-state index contributed by atoms with van der Waals surface area (Å²) in [6, 6.07) is 0. The first-order chi connectivity index (χ1) is 5.68. The van der Waals surface area contributed by atoms with Gasteiger partial charge in [0, 0.05) is 5.54 Å². The summed E-state index contributed by atoms with van der Waals surface area (Å²) in [5.74, 6) is 0. The van der Waals surface area contributed by atoms with E-state index in [1.807, 2.05) is 0 Å². The molecule has 12 heavy (non-hydrogen) atoms. The third-order valence-electron chi connectivity index (χ3n) is 2.46. The van der Waals surface area contributed by atoms with Gasteiger partial charge in [0.25, 0.3) is 0 Å². The van der Waals surface area contributed by atoms with Gasteiger partial charge in [-0.3, -0.25) is 0 Å². The molecule has 0 fully saturated rings. The standard InChI is InChI=1S/C10H23NO/c1-4-6-7-8-11-10(3,5-2)9-12/h11-12H,4-9H2,1-3H3. The quantitative estimate of drug-likeness (QED) is 0.577. The van der Waals surface area contributed by atoms with E-state index in [2.05, 4.69) is 26.1 Å². The van der Waals surface area contributed by atoms with Crippen LogP contribution in [-0.4, -0.2) is 23.8 Å². The summed E-state index contributed by atoms with van der Waals surface area (Å²) in [5.41, 5.74) is -0.0618. The highest BCUT2D eigenvalue weighted by molar-refractivity contribution is 4.79. The van der Waals surface area contributed by atoms with Crippen LogP contribution in [0.3, 0.4) is 0 Å². The monoisotopic (exact) mass is 173 g/mol. The van der Waals surface area contributed by atoms with E-state index < -0.39 is 0 Å². The maximum atomic E-state index is 9.08. The molecule has 0 rings (SSSR count). The Labute approximate surface area is 76.4 Å². The fourth-order valence-corrected chi connectivity index (χ4v) is 1.06. The molecule has 0 aliphatic carbocycles. The van der Waals surface area contributed by atoms with E-state index in [1.54, 1.807) is 0 Å². The van der Waals surface area contributed by atoms with E-state index in [0.717, 1.165) is 13.0 Å². The van der Waals surface area contributed by atoms with Crippen molar-refractivity contribution in [3.63, 3.8) is 0 Å². The zero-order chi connectivity index (χ0) is 9.45. The lowest BCUT2D eigenvalue weighted by atomic mass is 10.0. The van der Waals surface area contributed by atoms with Crippen molar-refractivity contribution >= 4 is 0 Å². The Morgan fingerprint density at radius 3 is 2.33 bits per heavy atom. The van der Waals surface area contributed by atoms with Crippen LogP contribution in [0.15, 0.2) is 0 Å². The van der Waals surface area contributed by atoms with Crippen LogP contribution in [0.25, 0.3) is 0 Å². The number of aliphatic hydroxyl groups excluding tert-OH is 1. The highest BCUT2D eigenvalue weighted by atomic mass is 16.3. The summed E-state index contributed by atoms with van der Waals surface area (Å²) >= 11 is 0. The molecule has 0 aliphatic rings. The van der Waals surface area contributed by atoms with E-state index in [-0.39, 0.29) is 12.1 Å². The van der Waals surface area contributed by atoms with Crippen LogP contribution in [0.4, 0.5) is 0 Å². The lowest BCUT2D eigenvalue weighted by Crippen LogP contribution is -2.45. The van der Waals surface area contributed by atoms with E-state index in [9.17, 15) is 0 Å². The Bertz CT molecular complexity index is 100. The number of aliphatic hydroxyl groups is 1. The second kappa shape index (κ2) is 6.44. The highest BCUT2D eigenvalue weighted by Gasteiger charge is 2.18. The minimum absolute atomic E-state index is 0.0618. The van der Waals surface area contributed by atoms with Crippen molar-refractivity contribution in [3.05, 3.63) is 0 Å². The first-order valence-electron chi connectivity index (χ1n) is 5.04. The fraction of sp³-hybridized carbons (Fsp3) is 1.00. The summed E-state index contributed by atoms with van der Waals surface area (Å²) in [7, 11) is 0. The van der Waals surface area contributed by atoms with Crippen molar-refractivity contribution in [2.75, 3.05) is 13.2 Å². The zero-order valence-electron chi connectivity index (χ0n) is 8.69. The molecule has 0 amide bonds. The Morgan fingerprint density at radius 1 is 1.25 bits per heavy atom. The third kappa shape index (κ3) is 4.73. The van der Waals surface area contributed by atoms with Crippen molar-refractivity contribution in [3.8, 4) is 0 Å². The number of unbranched alkanes of at least 4 members (excludes halogenated alkanes) is 2. The fourth-order valence-electron chi connectivity index (χ4n) is 1.06. The molecule has 74 valence electrons. The van der Waals surface area contributed by atoms with Gasteiger partial charge in [0.05, 0.1) is 6.61 Å². The van der Waals surface area contributed by atoms with Gasteiger partial charge in [-0.05, 0) is 26.3 Å². The van der Waals surface area contributed by atoms with Crippen molar-refractivity contribution in [1.29, 1.82) is 0 Å². The summed E-state index contributed by atoms with van der Waals surface area (Å²) in [6.07, 6.45) is 4.73. The Balaban J connectivity index is 3.45. The molecule has 1 atom stereocenters. The summed E-state index contributed by atoms with van der Waals surface area (Å²) in [5, 5.41) is 12.5. The molecule has 0 aromatic rings. The topological polar surface area (TPSA) is 32.3 Å². The van der Waals surface area contributed by atoms with Gasteiger partial charge in [0.15, 0.2) is 0 Å². The van der Waals surface area contributed by atoms with Crippen LogP contribution >= 0.6 is 0 Å². The van der Waals surface area contributed by atoms with Gasteiger partial charge in [-0.2, -0.15) is 0 Å². The number of rotatable bonds is 7. The van der Waals surface area contributed by atoms with Gasteiger partial charge < -0.3 is 10.4 Å². The molecule has 0 saturated carbocycles. The molecule has 1 unspecified atom stereocenters. The number of hydrogen-bond donors (Lipinski definition) is 2. The predicted octanol–water partition coefficient (Wildman–Crippen LogP) is 1.93. The maximum Gasteiger partial charge on any atom is 0.0610 e. The lowest BCUT2D eigenvalue weighted by molar-refractivity contribution is 0.170. The normalized spacial score (nSPS) is 16.0. The Kier molecular flexibility index (Phi) is 6.39. The minimum Gasteiger partial charge on any atom is -0.394 e. The molecule has 0 spiro atoms. The molecule has 0 aromatic carbocycles. The molecule has 2 heteroatoms. The van der Waals surface area contributed by atoms with E-state index in [1.165, 1.54) is 19.3 Å². The third-order valence-corrected chi connectivity index (χ3v) is 2.46. The van der Waals surface area contributed by atoms with Gasteiger partial charge in [0.1, 0.15) is 0 Å². The van der Waals surface area contributed by atoms with Crippen LogP contribution in [-0.2, 0) is 0 Å². The van der Waals surface area contributed by atoms with E-state index in [0.29, 0.717) is 0 Å². The van der Waals surface area contributed by atoms with E-state index in [4.69, 9.17) is 5.11 Å². The molecule has 0 radical (unpaired) electrons. The first-order valence-corrected chi connectivity index (χ1v) is 5.04. The molecule has 2 N–H and O–H groups in total. The van der Waals surface area contributed by atoms with Crippen molar-refractivity contribution in [2.45, 2.75) is 52.0 Å². The molecule has 0 heterocycles. The van der Waals surface area contributed by atoms with Gasteiger partial charge >= 0.3 is 0 Å². The van der Waals surface area contributed by atoms with Crippen LogP contribution < -0.4 is 5.32 Å². The van der Waals surface area contributed by atoms with E-state index >= 15 is 0 Å². The molecule has 0 aromatic heterocycles. The molecule has 2 nitrogen and oxygen atoms in total. The van der Waals surface area contributed by atoms with Gasteiger partial charge in [-0.15, -0.1) is 0 Å². The van der Waals surface area contributed by atoms with Crippen LogP contribution in [0.2, 0.25) is 0 Å². The Hall–Kier alpha value is -0.0800.